The maximum atomic E-state index is 10.8. The van der Waals surface area contributed by atoms with E-state index in [-0.39, 0.29) is 12.5 Å². The van der Waals surface area contributed by atoms with Crippen LogP contribution in [0.15, 0.2) is 18.2 Å². The Labute approximate surface area is 98.5 Å². The molecule has 0 saturated heterocycles. The standard InChI is InChI=1S/C10H12Cl2N2O/c11-8-2-1-7(5-9(8)12)3-4-14-10(15)6-13/h1-2,5H,3-4,6,13H2,(H,14,15). The number of nitrogens with two attached hydrogens (primary N) is 1. The normalized spacial score (nSPS) is 10.1. The molecule has 0 spiro atoms. The second-order valence-corrected chi connectivity index (χ2v) is 3.87. The van der Waals surface area contributed by atoms with Gasteiger partial charge in [-0.25, -0.2) is 0 Å². The Kier molecular flexibility index (Phi) is 4.88. The molecule has 0 aromatic heterocycles. The van der Waals surface area contributed by atoms with Gasteiger partial charge in [-0.3, -0.25) is 4.79 Å². The molecule has 0 aliphatic rings. The predicted molar refractivity (Wildman–Crippen MR) is 62.2 cm³/mol. The van der Waals surface area contributed by atoms with E-state index in [1.54, 1.807) is 12.1 Å². The number of nitrogens with one attached hydrogen (secondary N) is 1. The van der Waals surface area contributed by atoms with Crippen molar-refractivity contribution in [2.45, 2.75) is 6.42 Å². The molecule has 82 valence electrons. The largest absolute Gasteiger partial charge is 0.355 e. The van der Waals surface area contributed by atoms with Crippen molar-refractivity contribution in [3.05, 3.63) is 33.8 Å². The molecule has 0 unspecified atom stereocenters. The van der Waals surface area contributed by atoms with Crippen molar-refractivity contribution in [1.29, 1.82) is 0 Å². The molecule has 0 heterocycles. The number of rotatable bonds is 4. The van der Waals surface area contributed by atoms with E-state index in [0.717, 1.165) is 5.56 Å². The third-order valence-corrected chi connectivity index (χ3v) is 2.64. The van der Waals surface area contributed by atoms with E-state index < -0.39 is 0 Å². The lowest BCUT2D eigenvalue weighted by Crippen LogP contribution is -2.31. The number of carbonyl (C=O) groups excluding carboxylic acids is 1. The minimum absolute atomic E-state index is 0.0153. The van der Waals surface area contributed by atoms with Crippen LogP contribution in [0, 0.1) is 0 Å². The summed E-state index contributed by atoms with van der Waals surface area (Å²) >= 11 is 11.6. The summed E-state index contributed by atoms with van der Waals surface area (Å²) in [7, 11) is 0. The van der Waals surface area contributed by atoms with Crippen LogP contribution in [0.5, 0.6) is 0 Å². The molecule has 0 bridgehead atoms. The van der Waals surface area contributed by atoms with Crippen molar-refractivity contribution in [2.75, 3.05) is 13.1 Å². The van der Waals surface area contributed by atoms with Gasteiger partial charge in [0.15, 0.2) is 0 Å². The maximum Gasteiger partial charge on any atom is 0.233 e. The first kappa shape index (κ1) is 12.3. The number of benzene rings is 1. The first-order valence-corrected chi connectivity index (χ1v) is 5.29. The zero-order valence-corrected chi connectivity index (χ0v) is 9.61. The quantitative estimate of drug-likeness (QED) is 0.849. The molecule has 5 heteroatoms. The molecule has 1 aromatic rings. The number of hydrogen-bond acceptors (Lipinski definition) is 2. The van der Waals surface area contributed by atoms with Crippen molar-refractivity contribution in [1.82, 2.24) is 5.32 Å². The minimum Gasteiger partial charge on any atom is -0.355 e. The van der Waals surface area contributed by atoms with Crippen molar-refractivity contribution < 1.29 is 4.79 Å². The molecule has 0 atom stereocenters. The molecule has 0 aliphatic heterocycles. The molecule has 3 nitrogen and oxygen atoms in total. The zero-order valence-electron chi connectivity index (χ0n) is 8.09. The number of halogens is 2. The van der Waals surface area contributed by atoms with E-state index in [1.165, 1.54) is 0 Å². The third kappa shape index (κ3) is 4.08. The van der Waals surface area contributed by atoms with Gasteiger partial charge in [-0.15, -0.1) is 0 Å². The Morgan fingerprint density at radius 1 is 1.33 bits per heavy atom. The van der Waals surface area contributed by atoms with Gasteiger partial charge in [0.1, 0.15) is 0 Å². The zero-order chi connectivity index (χ0) is 11.3. The first-order chi connectivity index (χ1) is 7.13. The Morgan fingerprint density at radius 2 is 2.07 bits per heavy atom. The van der Waals surface area contributed by atoms with Crippen LogP contribution in [-0.4, -0.2) is 19.0 Å². The first-order valence-electron chi connectivity index (χ1n) is 4.54. The van der Waals surface area contributed by atoms with Gasteiger partial charge in [-0.1, -0.05) is 29.3 Å². The molecule has 3 N–H and O–H groups in total. The van der Waals surface area contributed by atoms with Gasteiger partial charge < -0.3 is 11.1 Å². The molecule has 0 aliphatic carbocycles. The highest BCUT2D eigenvalue weighted by atomic mass is 35.5. The molecule has 0 fully saturated rings. The number of hydrogen-bond donors (Lipinski definition) is 2. The summed E-state index contributed by atoms with van der Waals surface area (Å²) < 4.78 is 0. The van der Waals surface area contributed by atoms with Gasteiger partial charge in [0, 0.05) is 6.54 Å². The second kappa shape index (κ2) is 5.95. The van der Waals surface area contributed by atoms with E-state index in [4.69, 9.17) is 28.9 Å². The van der Waals surface area contributed by atoms with E-state index in [1.807, 2.05) is 6.07 Å². The van der Waals surface area contributed by atoms with Gasteiger partial charge in [0.2, 0.25) is 5.91 Å². The fourth-order valence-electron chi connectivity index (χ4n) is 1.11. The predicted octanol–water partition coefficient (Wildman–Crippen LogP) is 1.61. The Hall–Kier alpha value is -0.770. The lowest BCUT2D eigenvalue weighted by atomic mass is 10.1. The number of carbonyl (C=O) groups is 1. The van der Waals surface area contributed by atoms with Crippen LogP contribution >= 0.6 is 23.2 Å². The topological polar surface area (TPSA) is 55.1 Å². The second-order valence-electron chi connectivity index (χ2n) is 3.05. The molecular weight excluding hydrogens is 235 g/mol. The fourth-order valence-corrected chi connectivity index (χ4v) is 1.43. The monoisotopic (exact) mass is 246 g/mol. The summed E-state index contributed by atoms with van der Waals surface area (Å²) in [6, 6.07) is 5.41. The summed E-state index contributed by atoms with van der Waals surface area (Å²) in [4.78, 5) is 10.8. The lowest BCUT2D eigenvalue weighted by molar-refractivity contribution is -0.119. The Morgan fingerprint density at radius 3 is 2.67 bits per heavy atom. The van der Waals surface area contributed by atoms with Crippen LogP contribution in [0.2, 0.25) is 10.0 Å². The van der Waals surface area contributed by atoms with Crippen molar-refractivity contribution >= 4 is 29.1 Å². The van der Waals surface area contributed by atoms with Crippen molar-refractivity contribution in [3.63, 3.8) is 0 Å². The molecule has 1 rings (SSSR count). The van der Waals surface area contributed by atoms with E-state index in [9.17, 15) is 4.79 Å². The summed E-state index contributed by atoms with van der Waals surface area (Å²) in [6.07, 6.45) is 0.711. The van der Waals surface area contributed by atoms with E-state index >= 15 is 0 Å². The van der Waals surface area contributed by atoms with Crippen molar-refractivity contribution in [2.24, 2.45) is 5.73 Å². The average molecular weight is 247 g/mol. The van der Waals surface area contributed by atoms with Crippen LogP contribution in [-0.2, 0) is 11.2 Å². The highest BCUT2D eigenvalue weighted by Crippen LogP contribution is 2.22. The van der Waals surface area contributed by atoms with Crippen LogP contribution in [0.1, 0.15) is 5.56 Å². The SMILES string of the molecule is NCC(=O)NCCc1ccc(Cl)c(Cl)c1. The summed E-state index contributed by atoms with van der Waals surface area (Å²) in [5.74, 6) is -0.157. The Balaban J connectivity index is 2.44. The summed E-state index contributed by atoms with van der Waals surface area (Å²) in [5, 5.41) is 3.74. The molecule has 1 aromatic carbocycles. The van der Waals surface area contributed by atoms with Gasteiger partial charge in [-0.2, -0.15) is 0 Å². The van der Waals surface area contributed by atoms with Gasteiger partial charge in [0.25, 0.3) is 0 Å². The molecule has 0 radical (unpaired) electrons. The van der Waals surface area contributed by atoms with Crippen LogP contribution < -0.4 is 11.1 Å². The lowest BCUT2D eigenvalue weighted by Gasteiger charge is -2.04. The van der Waals surface area contributed by atoms with E-state index in [0.29, 0.717) is 23.0 Å². The molecule has 0 saturated carbocycles. The highest BCUT2D eigenvalue weighted by Gasteiger charge is 2.00. The van der Waals surface area contributed by atoms with Crippen LogP contribution in [0.3, 0.4) is 0 Å². The number of amides is 1. The third-order valence-electron chi connectivity index (χ3n) is 1.91. The van der Waals surface area contributed by atoms with Gasteiger partial charge in [0.05, 0.1) is 16.6 Å². The molecule has 1 amide bonds. The van der Waals surface area contributed by atoms with E-state index in [2.05, 4.69) is 5.32 Å². The molecular formula is C10H12Cl2N2O. The summed E-state index contributed by atoms with van der Waals surface area (Å²) in [6.45, 7) is 0.565. The summed E-state index contributed by atoms with van der Waals surface area (Å²) in [5.41, 5.74) is 6.17. The highest BCUT2D eigenvalue weighted by molar-refractivity contribution is 6.42. The smallest absolute Gasteiger partial charge is 0.233 e. The van der Waals surface area contributed by atoms with Gasteiger partial charge in [-0.05, 0) is 24.1 Å². The van der Waals surface area contributed by atoms with Crippen molar-refractivity contribution in [3.8, 4) is 0 Å². The average Bonchev–Trinajstić information content (AvgIpc) is 2.23. The van der Waals surface area contributed by atoms with Crippen LogP contribution in [0.4, 0.5) is 0 Å². The van der Waals surface area contributed by atoms with Gasteiger partial charge >= 0.3 is 0 Å². The minimum atomic E-state index is -0.157. The molecule has 15 heavy (non-hydrogen) atoms. The fraction of sp³-hybridized carbons (Fsp3) is 0.300. The maximum absolute atomic E-state index is 10.8. The van der Waals surface area contributed by atoms with Crippen LogP contribution in [0.25, 0.3) is 0 Å². The Bertz CT molecular complexity index is 355.